The summed E-state index contributed by atoms with van der Waals surface area (Å²) in [6.07, 6.45) is -6.76. The number of ether oxygens (including phenoxy) is 2. The van der Waals surface area contributed by atoms with Crippen molar-refractivity contribution >= 4 is 22.8 Å². The molecule has 8 nitrogen and oxygen atoms in total. The van der Waals surface area contributed by atoms with Crippen molar-refractivity contribution in [1.29, 1.82) is 5.26 Å². The van der Waals surface area contributed by atoms with E-state index < -0.39 is 35.5 Å². The summed E-state index contributed by atoms with van der Waals surface area (Å²) in [7, 11) is 0. The molecule has 4 aromatic rings. The molecule has 1 heterocycles. The van der Waals surface area contributed by atoms with Crippen molar-refractivity contribution in [3.63, 3.8) is 0 Å². The summed E-state index contributed by atoms with van der Waals surface area (Å²) in [5.41, 5.74) is 5.20. The van der Waals surface area contributed by atoms with E-state index in [9.17, 15) is 27.9 Å². The largest absolute Gasteiger partial charge is 0.457 e. The predicted octanol–water partition coefficient (Wildman–Crippen LogP) is 4.58. The average Bonchev–Trinajstić information content (AvgIpc) is 3.15. The molecular weight excluding hydrogens is 491 g/mol. The SMILES string of the molecule is Cc1c(C(=O)OC(O)C(N)=O)c2ccccc2n1-c1ccc(Oc2ccc(C(F)(F)F)c(C#N)c2)cc1. The molecule has 1 unspecified atom stereocenters. The summed E-state index contributed by atoms with van der Waals surface area (Å²) in [5.74, 6) is -1.79. The summed E-state index contributed by atoms with van der Waals surface area (Å²) >= 11 is 0. The molecule has 11 heteroatoms. The highest BCUT2D eigenvalue weighted by Gasteiger charge is 2.33. The number of primary amides is 1. The Kier molecular flexibility index (Phi) is 6.61. The van der Waals surface area contributed by atoms with Crippen LogP contribution in [0, 0.1) is 18.3 Å². The number of aliphatic hydroxyl groups excluding tert-OH is 1. The van der Waals surface area contributed by atoms with E-state index in [4.69, 9.17) is 20.5 Å². The molecule has 4 rings (SSSR count). The Morgan fingerprint density at radius 1 is 1.05 bits per heavy atom. The lowest BCUT2D eigenvalue weighted by atomic mass is 10.1. The van der Waals surface area contributed by atoms with Crippen LogP contribution in [0.15, 0.2) is 66.7 Å². The molecule has 0 aliphatic heterocycles. The van der Waals surface area contributed by atoms with E-state index in [0.717, 1.165) is 18.2 Å². The van der Waals surface area contributed by atoms with E-state index in [-0.39, 0.29) is 11.3 Å². The number of esters is 1. The van der Waals surface area contributed by atoms with Gasteiger partial charge >= 0.3 is 12.1 Å². The molecule has 0 spiro atoms. The zero-order chi connectivity index (χ0) is 26.9. The van der Waals surface area contributed by atoms with E-state index in [0.29, 0.717) is 28.0 Å². The normalized spacial score (nSPS) is 12.1. The number of alkyl halides is 3. The number of aromatic nitrogens is 1. The van der Waals surface area contributed by atoms with Crippen molar-refractivity contribution in [1.82, 2.24) is 4.57 Å². The molecule has 1 amide bonds. The minimum atomic E-state index is -4.66. The Morgan fingerprint density at radius 3 is 2.32 bits per heavy atom. The van der Waals surface area contributed by atoms with Crippen molar-refractivity contribution in [2.45, 2.75) is 19.4 Å². The number of halogens is 3. The van der Waals surface area contributed by atoms with Crippen LogP contribution in [0.1, 0.15) is 27.2 Å². The smallest absolute Gasteiger partial charge is 0.417 e. The third kappa shape index (κ3) is 4.96. The van der Waals surface area contributed by atoms with E-state index in [1.165, 1.54) is 6.07 Å². The molecule has 3 aromatic carbocycles. The van der Waals surface area contributed by atoms with Crippen molar-refractivity contribution < 1.29 is 37.3 Å². The number of para-hydroxylation sites is 1. The molecule has 0 bridgehead atoms. The number of nitrogens with two attached hydrogens (primary N) is 1. The number of hydrogen-bond donors (Lipinski definition) is 2. The molecule has 0 radical (unpaired) electrons. The van der Waals surface area contributed by atoms with Gasteiger partial charge in [0.2, 0.25) is 0 Å². The van der Waals surface area contributed by atoms with Crippen molar-refractivity contribution in [3.8, 4) is 23.3 Å². The third-order valence-electron chi connectivity index (χ3n) is 5.53. The minimum Gasteiger partial charge on any atom is -0.457 e. The number of carbonyl (C=O) groups excluding carboxylic acids is 2. The molecule has 0 aliphatic rings. The highest BCUT2D eigenvalue weighted by atomic mass is 19.4. The van der Waals surface area contributed by atoms with Gasteiger partial charge in [-0.3, -0.25) is 4.79 Å². The van der Waals surface area contributed by atoms with Gasteiger partial charge in [-0.15, -0.1) is 0 Å². The Bertz CT molecular complexity index is 1550. The summed E-state index contributed by atoms with van der Waals surface area (Å²) in [6, 6.07) is 17.8. The fraction of sp³-hybridized carbons (Fsp3) is 0.115. The van der Waals surface area contributed by atoms with E-state index in [1.807, 2.05) is 0 Å². The zero-order valence-electron chi connectivity index (χ0n) is 19.1. The predicted molar refractivity (Wildman–Crippen MR) is 125 cm³/mol. The maximum atomic E-state index is 13.0. The van der Waals surface area contributed by atoms with Crippen LogP contribution in [0.5, 0.6) is 11.5 Å². The van der Waals surface area contributed by atoms with Crippen LogP contribution in [0.3, 0.4) is 0 Å². The number of nitrogens with zero attached hydrogens (tertiary/aromatic N) is 2. The van der Waals surface area contributed by atoms with Gasteiger partial charge in [-0.25, -0.2) is 4.79 Å². The van der Waals surface area contributed by atoms with Gasteiger partial charge in [0, 0.05) is 16.8 Å². The first kappa shape index (κ1) is 25.3. The average molecular weight is 509 g/mol. The molecule has 37 heavy (non-hydrogen) atoms. The zero-order valence-corrected chi connectivity index (χ0v) is 19.1. The van der Waals surface area contributed by atoms with Gasteiger partial charge in [0.25, 0.3) is 12.2 Å². The van der Waals surface area contributed by atoms with Gasteiger partial charge in [-0.05, 0) is 55.5 Å². The second-order valence-corrected chi connectivity index (χ2v) is 7.89. The topological polar surface area (TPSA) is 128 Å². The van der Waals surface area contributed by atoms with E-state index in [1.54, 1.807) is 60.0 Å². The standard InChI is InChI=1S/C26H18F3N3O5/c1-14-22(24(34)37-25(35)23(31)33)19-4-2-3-5-21(19)32(14)16-6-8-17(9-7-16)36-18-10-11-20(26(27,28)29)15(12-18)13-30/h2-12,25,35H,1H3,(H2,31,33). The molecule has 0 saturated carbocycles. The Morgan fingerprint density at radius 2 is 1.70 bits per heavy atom. The van der Waals surface area contributed by atoms with Crippen LogP contribution >= 0.6 is 0 Å². The van der Waals surface area contributed by atoms with Crippen LogP contribution in [0.25, 0.3) is 16.6 Å². The van der Waals surface area contributed by atoms with E-state index in [2.05, 4.69) is 0 Å². The van der Waals surface area contributed by atoms with Gasteiger partial charge < -0.3 is 24.9 Å². The summed E-state index contributed by atoms with van der Waals surface area (Å²) in [4.78, 5) is 23.8. The van der Waals surface area contributed by atoms with Crippen LogP contribution < -0.4 is 10.5 Å². The maximum absolute atomic E-state index is 13.0. The molecule has 0 saturated heterocycles. The highest BCUT2D eigenvalue weighted by molar-refractivity contribution is 6.07. The molecule has 0 aliphatic carbocycles. The van der Waals surface area contributed by atoms with Crippen LogP contribution in [-0.4, -0.2) is 27.8 Å². The number of rotatable bonds is 6. The first-order valence-electron chi connectivity index (χ1n) is 10.7. The summed E-state index contributed by atoms with van der Waals surface area (Å²) in [6.45, 7) is 1.66. The number of hydrogen-bond acceptors (Lipinski definition) is 6. The number of carbonyl (C=O) groups is 2. The van der Waals surface area contributed by atoms with Gasteiger partial charge in [0.1, 0.15) is 11.5 Å². The molecule has 3 N–H and O–H groups in total. The number of benzene rings is 3. The lowest BCUT2D eigenvalue weighted by Crippen LogP contribution is -2.32. The molecule has 0 fully saturated rings. The monoisotopic (exact) mass is 509 g/mol. The second-order valence-electron chi connectivity index (χ2n) is 7.89. The molecule has 188 valence electrons. The highest BCUT2D eigenvalue weighted by Crippen LogP contribution is 2.35. The van der Waals surface area contributed by atoms with E-state index >= 15 is 0 Å². The summed E-state index contributed by atoms with van der Waals surface area (Å²) < 4.78 is 51.3. The Balaban J connectivity index is 1.67. The summed E-state index contributed by atoms with van der Waals surface area (Å²) in [5, 5.41) is 19.2. The van der Waals surface area contributed by atoms with Crippen LogP contribution in [0.4, 0.5) is 13.2 Å². The Labute approximate surface area is 207 Å². The fourth-order valence-electron chi connectivity index (χ4n) is 3.90. The molecule has 1 aromatic heterocycles. The van der Waals surface area contributed by atoms with Crippen LogP contribution in [-0.2, 0) is 15.7 Å². The van der Waals surface area contributed by atoms with Gasteiger partial charge in [0.05, 0.1) is 28.3 Å². The van der Waals surface area contributed by atoms with Gasteiger partial charge in [0.15, 0.2) is 0 Å². The second kappa shape index (κ2) is 9.67. The van der Waals surface area contributed by atoms with Gasteiger partial charge in [-0.2, -0.15) is 18.4 Å². The third-order valence-corrected chi connectivity index (χ3v) is 5.53. The van der Waals surface area contributed by atoms with Crippen molar-refractivity contribution in [2.75, 3.05) is 0 Å². The first-order chi connectivity index (χ1) is 17.5. The molecular formula is C26H18F3N3O5. The molecule has 1 atom stereocenters. The van der Waals surface area contributed by atoms with Gasteiger partial charge in [-0.1, -0.05) is 18.2 Å². The lowest BCUT2D eigenvalue weighted by Gasteiger charge is -2.13. The van der Waals surface area contributed by atoms with Crippen LogP contribution in [0.2, 0.25) is 0 Å². The lowest BCUT2D eigenvalue weighted by molar-refractivity contribution is -0.145. The first-order valence-corrected chi connectivity index (χ1v) is 10.7. The number of aliphatic hydroxyl groups is 1. The quantitative estimate of drug-likeness (QED) is 0.289. The number of nitriles is 1. The number of amides is 1. The van der Waals surface area contributed by atoms with Crippen molar-refractivity contribution in [2.24, 2.45) is 5.73 Å². The minimum absolute atomic E-state index is 0.0536. The number of fused-ring (bicyclic) bond motifs is 1. The fourth-order valence-corrected chi connectivity index (χ4v) is 3.90. The van der Waals surface area contributed by atoms with Crippen molar-refractivity contribution in [3.05, 3.63) is 89.1 Å². The Hall–Kier alpha value is -4.82. The maximum Gasteiger partial charge on any atom is 0.417 e.